The van der Waals surface area contributed by atoms with E-state index < -0.39 is 0 Å². The molecule has 90 valence electrons. The van der Waals surface area contributed by atoms with Crippen molar-refractivity contribution in [2.24, 2.45) is 0 Å². The van der Waals surface area contributed by atoms with E-state index in [1.807, 2.05) is 30.3 Å². The maximum atomic E-state index is 8.88. The SMILES string of the molecule is COc1ccc(Nc2nccc(C#N)c2N)cc1. The molecule has 0 aliphatic heterocycles. The number of nitrogen functional groups attached to an aromatic ring is 1. The number of hydrogen-bond acceptors (Lipinski definition) is 5. The molecule has 0 saturated heterocycles. The Bertz CT molecular complexity index is 587. The maximum Gasteiger partial charge on any atom is 0.154 e. The van der Waals surface area contributed by atoms with Gasteiger partial charge >= 0.3 is 0 Å². The molecule has 1 heterocycles. The first-order valence-corrected chi connectivity index (χ1v) is 5.30. The molecular weight excluding hydrogens is 228 g/mol. The number of aromatic nitrogens is 1. The van der Waals surface area contributed by atoms with E-state index in [2.05, 4.69) is 10.3 Å². The predicted molar refractivity (Wildman–Crippen MR) is 69.6 cm³/mol. The molecule has 5 heteroatoms. The van der Waals surface area contributed by atoms with Crippen LogP contribution in [0.15, 0.2) is 36.5 Å². The fourth-order valence-corrected chi connectivity index (χ4v) is 1.48. The average molecular weight is 240 g/mol. The Labute approximate surface area is 105 Å². The van der Waals surface area contributed by atoms with Crippen LogP contribution in [0.5, 0.6) is 5.75 Å². The standard InChI is InChI=1S/C13H12N4O/c1-18-11-4-2-10(3-5-11)17-13-12(15)9(8-14)6-7-16-13/h2-7H,15H2,1H3,(H,16,17). The first-order valence-electron chi connectivity index (χ1n) is 5.30. The molecule has 0 aliphatic rings. The summed E-state index contributed by atoms with van der Waals surface area (Å²) in [5.41, 5.74) is 7.40. The Morgan fingerprint density at radius 1 is 1.28 bits per heavy atom. The normalized spacial score (nSPS) is 9.56. The van der Waals surface area contributed by atoms with Gasteiger partial charge in [0.25, 0.3) is 0 Å². The highest BCUT2D eigenvalue weighted by Crippen LogP contribution is 2.24. The summed E-state index contributed by atoms with van der Waals surface area (Å²) in [6.45, 7) is 0. The summed E-state index contributed by atoms with van der Waals surface area (Å²) in [4.78, 5) is 4.11. The first kappa shape index (κ1) is 11.7. The lowest BCUT2D eigenvalue weighted by atomic mass is 10.2. The number of benzene rings is 1. The zero-order chi connectivity index (χ0) is 13.0. The van der Waals surface area contributed by atoms with E-state index in [1.165, 1.54) is 0 Å². The number of hydrogen-bond donors (Lipinski definition) is 2. The van der Waals surface area contributed by atoms with E-state index in [0.717, 1.165) is 11.4 Å². The molecular formula is C13H12N4O. The third kappa shape index (κ3) is 2.33. The topological polar surface area (TPSA) is 84.0 Å². The zero-order valence-electron chi connectivity index (χ0n) is 9.84. The largest absolute Gasteiger partial charge is 0.497 e. The Morgan fingerprint density at radius 2 is 2.00 bits per heavy atom. The fourth-order valence-electron chi connectivity index (χ4n) is 1.48. The van der Waals surface area contributed by atoms with Crippen molar-refractivity contribution in [3.05, 3.63) is 42.1 Å². The summed E-state index contributed by atoms with van der Waals surface area (Å²) >= 11 is 0. The van der Waals surface area contributed by atoms with Gasteiger partial charge in [0.2, 0.25) is 0 Å². The van der Waals surface area contributed by atoms with Gasteiger partial charge in [-0.15, -0.1) is 0 Å². The predicted octanol–water partition coefficient (Wildman–Crippen LogP) is 2.29. The van der Waals surface area contributed by atoms with Crippen molar-refractivity contribution >= 4 is 17.2 Å². The van der Waals surface area contributed by atoms with E-state index in [0.29, 0.717) is 17.1 Å². The van der Waals surface area contributed by atoms with Crippen LogP contribution < -0.4 is 15.8 Å². The van der Waals surface area contributed by atoms with Crippen LogP contribution in [0.4, 0.5) is 17.2 Å². The Balaban J connectivity index is 2.26. The van der Waals surface area contributed by atoms with Crippen molar-refractivity contribution in [2.45, 2.75) is 0 Å². The van der Waals surface area contributed by atoms with Gasteiger partial charge in [0.05, 0.1) is 18.4 Å². The minimum atomic E-state index is 0.343. The molecule has 0 bridgehead atoms. The monoisotopic (exact) mass is 240 g/mol. The van der Waals surface area contributed by atoms with E-state index in [4.69, 9.17) is 15.7 Å². The molecule has 18 heavy (non-hydrogen) atoms. The Hall–Kier alpha value is -2.74. The van der Waals surface area contributed by atoms with Crippen molar-refractivity contribution in [1.82, 2.24) is 4.98 Å². The van der Waals surface area contributed by atoms with Crippen molar-refractivity contribution < 1.29 is 4.74 Å². The summed E-state index contributed by atoms with van der Waals surface area (Å²) in [5.74, 6) is 1.24. The molecule has 3 N–H and O–H groups in total. The zero-order valence-corrected chi connectivity index (χ0v) is 9.84. The molecule has 0 saturated carbocycles. The minimum Gasteiger partial charge on any atom is -0.497 e. The minimum absolute atomic E-state index is 0.343. The smallest absolute Gasteiger partial charge is 0.154 e. The Kier molecular flexibility index (Phi) is 3.30. The summed E-state index contributed by atoms with van der Waals surface area (Å²) in [6, 6.07) is 10.9. The molecule has 2 aromatic rings. The second-order valence-corrected chi connectivity index (χ2v) is 3.59. The van der Waals surface area contributed by atoms with Crippen molar-refractivity contribution in [3.63, 3.8) is 0 Å². The number of methoxy groups -OCH3 is 1. The summed E-state index contributed by atoms with van der Waals surface area (Å²) in [5, 5.41) is 11.9. The van der Waals surface area contributed by atoms with Gasteiger partial charge in [-0.05, 0) is 30.3 Å². The van der Waals surface area contributed by atoms with E-state index >= 15 is 0 Å². The molecule has 5 nitrogen and oxygen atoms in total. The first-order chi connectivity index (χ1) is 8.74. The van der Waals surface area contributed by atoms with Gasteiger partial charge in [-0.1, -0.05) is 0 Å². The van der Waals surface area contributed by atoms with Crippen LogP contribution in [0.25, 0.3) is 0 Å². The quantitative estimate of drug-likeness (QED) is 0.859. The highest BCUT2D eigenvalue weighted by molar-refractivity contribution is 5.73. The van der Waals surface area contributed by atoms with Gasteiger partial charge in [-0.3, -0.25) is 0 Å². The van der Waals surface area contributed by atoms with Crippen LogP contribution in [0.2, 0.25) is 0 Å². The lowest BCUT2D eigenvalue weighted by Crippen LogP contribution is -2.01. The number of nitrogens with zero attached hydrogens (tertiary/aromatic N) is 2. The number of anilines is 3. The van der Waals surface area contributed by atoms with E-state index in [9.17, 15) is 0 Å². The van der Waals surface area contributed by atoms with Crippen LogP contribution in [-0.2, 0) is 0 Å². The van der Waals surface area contributed by atoms with Crippen LogP contribution in [0, 0.1) is 11.3 Å². The fraction of sp³-hybridized carbons (Fsp3) is 0.0769. The molecule has 1 aromatic carbocycles. The molecule has 0 spiro atoms. The van der Waals surface area contributed by atoms with Gasteiger partial charge in [0, 0.05) is 11.9 Å². The summed E-state index contributed by atoms with van der Waals surface area (Å²) in [6.07, 6.45) is 1.54. The van der Waals surface area contributed by atoms with Gasteiger partial charge in [0.15, 0.2) is 5.82 Å². The maximum absolute atomic E-state index is 8.88. The van der Waals surface area contributed by atoms with Crippen LogP contribution in [-0.4, -0.2) is 12.1 Å². The van der Waals surface area contributed by atoms with Crippen molar-refractivity contribution in [2.75, 3.05) is 18.2 Å². The number of ether oxygens (including phenoxy) is 1. The number of rotatable bonds is 3. The molecule has 0 atom stereocenters. The molecule has 1 aromatic heterocycles. The third-order valence-electron chi connectivity index (χ3n) is 2.46. The van der Waals surface area contributed by atoms with Crippen molar-refractivity contribution in [1.29, 1.82) is 5.26 Å². The lowest BCUT2D eigenvalue weighted by molar-refractivity contribution is 0.415. The second-order valence-electron chi connectivity index (χ2n) is 3.59. The average Bonchev–Trinajstić information content (AvgIpc) is 2.42. The molecule has 0 radical (unpaired) electrons. The van der Waals surface area contributed by atoms with Gasteiger partial charge in [-0.2, -0.15) is 5.26 Å². The molecule has 0 unspecified atom stereocenters. The van der Waals surface area contributed by atoms with Crippen LogP contribution in [0.1, 0.15) is 5.56 Å². The molecule has 0 aliphatic carbocycles. The summed E-state index contributed by atoms with van der Waals surface area (Å²) in [7, 11) is 1.61. The molecule has 0 fully saturated rings. The summed E-state index contributed by atoms with van der Waals surface area (Å²) < 4.78 is 5.07. The number of nitrogens with two attached hydrogens (primary N) is 1. The van der Waals surface area contributed by atoms with E-state index in [-0.39, 0.29) is 0 Å². The van der Waals surface area contributed by atoms with Gasteiger partial charge in [-0.25, -0.2) is 4.98 Å². The lowest BCUT2D eigenvalue weighted by Gasteiger charge is -2.09. The number of nitriles is 1. The third-order valence-corrected chi connectivity index (χ3v) is 2.46. The molecule has 0 amide bonds. The number of pyridine rings is 1. The molecule has 2 rings (SSSR count). The van der Waals surface area contributed by atoms with Crippen LogP contribution >= 0.6 is 0 Å². The highest BCUT2D eigenvalue weighted by atomic mass is 16.5. The van der Waals surface area contributed by atoms with Gasteiger partial charge < -0.3 is 15.8 Å². The van der Waals surface area contributed by atoms with Crippen LogP contribution in [0.3, 0.4) is 0 Å². The van der Waals surface area contributed by atoms with Gasteiger partial charge in [0.1, 0.15) is 11.8 Å². The van der Waals surface area contributed by atoms with Crippen molar-refractivity contribution in [3.8, 4) is 11.8 Å². The second kappa shape index (κ2) is 5.06. The highest BCUT2D eigenvalue weighted by Gasteiger charge is 2.06. The van der Waals surface area contributed by atoms with E-state index in [1.54, 1.807) is 19.4 Å². The number of nitrogens with one attached hydrogen (secondary N) is 1. The Morgan fingerprint density at radius 3 is 2.61 bits per heavy atom.